The molecule has 4 aromatic rings. The summed E-state index contributed by atoms with van der Waals surface area (Å²) < 4.78 is 21.5. The van der Waals surface area contributed by atoms with E-state index in [0.717, 1.165) is 22.3 Å². The van der Waals surface area contributed by atoms with Gasteiger partial charge in [0.15, 0.2) is 0 Å². The van der Waals surface area contributed by atoms with E-state index < -0.39 is 0 Å². The van der Waals surface area contributed by atoms with Gasteiger partial charge in [0.1, 0.15) is 24.7 Å². The van der Waals surface area contributed by atoms with Crippen molar-refractivity contribution in [3.8, 4) is 22.6 Å². The molecule has 42 heavy (non-hydrogen) atoms. The number of carbonyl (C=O) groups is 2. The first-order valence-electron chi connectivity index (χ1n) is 13.7. The van der Waals surface area contributed by atoms with E-state index in [9.17, 15) is 9.59 Å². The van der Waals surface area contributed by atoms with Gasteiger partial charge in [-0.3, -0.25) is 9.59 Å². The second-order valence-electron chi connectivity index (χ2n) is 9.64. The van der Waals surface area contributed by atoms with Gasteiger partial charge in [-0.1, -0.05) is 36.4 Å². The molecule has 0 aliphatic rings. The maximum absolute atomic E-state index is 13.1. The number of para-hydroxylation sites is 2. The van der Waals surface area contributed by atoms with Crippen LogP contribution in [0, 0.1) is 13.8 Å². The Morgan fingerprint density at radius 3 is 1.36 bits per heavy atom. The highest BCUT2D eigenvalue weighted by Crippen LogP contribution is 2.30. The lowest BCUT2D eigenvalue weighted by atomic mass is 9.99. The molecule has 0 bridgehead atoms. The monoisotopic (exact) mass is 568 g/mol. The van der Waals surface area contributed by atoms with Crippen LogP contribution in [-0.4, -0.2) is 52.5 Å². The van der Waals surface area contributed by atoms with Gasteiger partial charge < -0.3 is 29.6 Å². The van der Waals surface area contributed by atoms with Crippen LogP contribution in [0.5, 0.6) is 11.5 Å². The fourth-order valence-electron chi connectivity index (χ4n) is 4.38. The van der Waals surface area contributed by atoms with E-state index in [0.29, 0.717) is 60.4 Å². The summed E-state index contributed by atoms with van der Waals surface area (Å²) in [7, 11) is 3.20. The predicted molar refractivity (Wildman–Crippen MR) is 165 cm³/mol. The van der Waals surface area contributed by atoms with Crippen LogP contribution >= 0.6 is 0 Å². The molecule has 0 saturated carbocycles. The Hall–Kier alpha value is -4.66. The van der Waals surface area contributed by atoms with Crippen LogP contribution in [0.15, 0.2) is 84.9 Å². The quantitative estimate of drug-likeness (QED) is 0.178. The standard InChI is InChI=1S/C34H36N2O6/c1-23-21-25(13-15-29(23)35-33(37)27-9-5-7-11-31(27)41-19-17-39-3)26-14-16-30(24(2)22-26)36-34(38)28-10-6-8-12-32(28)42-20-18-40-4/h5-16,21-22H,17-20H2,1-4H3,(H,35,37)(H,36,38). The molecule has 2 N–H and O–H groups in total. The van der Waals surface area contributed by atoms with Crippen molar-refractivity contribution in [3.63, 3.8) is 0 Å². The first-order valence-corrected chi connectivity index (χ1v) is 13.7. The van der Waals surface area contributed by atoms with E-state index >= 15 is 0 Å². The topological polar surface area (TPSA) is 95.1 Å². The van der Waals surface area contributed by atoms with E-state index in [2.05, 4.69) is 10.6 Å². The number of carbonyl (C=O) groups excluding carboxylic acids is 2. The molecule has 218 valence electrons. The van der Waals surface area contributed by atoms with E-state index in [-0.39, 0.29) is 11.8 Å². The number of benzene rings is 4. The Bertz CT molecular complexity index is 1420. The van der Waals surface area contributed by atoms with Gasteiger partial charge in [-0.2, -0.15) is 0 Å². The fraction of sp³-hybridized carbons (Fsp3) is 0.235. The fourth-order valence-corrected chi connectivity index (χ4v) is 4.38. The first kappa shape index (κ1) is 30.3. The number of ether oxygens (including phenoxy) is 4. The molecular formula is C34H36N2O6. The number of hydrogen-bond acceptors (Lipinski definition) is 6. The molecule has 0 heterocycles. The zero-order valence-corrected chi connectivity index (χ0v) is 24.4. The average molecular weight is 569 g/mol. The van der Waals surface area contributed by atoms with Gasteiger partial charge in [0, 0.05) is 25.6 Å². The summed E-state index contributed by atoms with van der Waals surface area (Å²) in [4.78, 5) is 26.1. The summed E-state index contributed by atoms with van der Waals surface area (Å²) in [5.74, 6) is 0.512. The number of amides is 2. The van der Waals surface area contributed by atoms with Crippen LogP contribution in [-0.2, 0) is 9.47 Å². The minimum Gasteiger partial charge on any atom is -0.490 e. The first-order chi connectivity index (χ1) is 20.4. The van der Waals surface area contributed by atoms with Crippen molar-refractivity contribution in [1.29, 1.82) is 0 Å². The van der Waals surface area contributed by atoms with Gasteiger partial charge in [0.2, 0.25) is 0 Å². The zero-order chi connectivity index (χ0) is 29.9. The van der Waals surface area contributed by atoms with E-state index in [1.807, 2.05) is 62.4 Å². The molecule has 0 radical (unpaired) electrons. The summed E-state index contributed by atoms with van der Waals surface area (Å²) in [6.07, 6.45) is 0. The summed E-state index contributed by atoms with van der Waals surface area (Å²) in [5.41, 5.74) is 6.14. The van der Waals surface area contributed by atoms with Gasteiger partial charge in [0.25, 0.3) is 11.8 Å². The lowest BCUT2D eigenvalue weighted by Gasteiger charge is -2.15. The highest BCUT2D eigenvalue weighted by molar-refractivity contribution is 6.07. The molecule has 8 nitrogen and oxygen atoms in total. The van der Waals surface area contributed by atoms with Crippen molar-refractivity contribution < 1.29 is 28.5 Å². The summed E-state index contributed by atoms with van der Waals surface area (Å²) in [6, 6.07) is 26.0. The third-order valence-electron chi connectivity index (χ3n) is 6.64. The van der Waals surface area contributed by atoms with Crippen molar-refractivity contribution >= 4 is 23.2 Å². The van der Waals surface area contributed by atoms with E-state index in [1.165, 1.54) is 0 Å². The molecule has 0 fully saturated rings. The van der Waals surface area contributed by atoms with Crippen LogP contribution < -0.4 is 20.1 Å². The van der Waals surface area contributed by atoms with Crippen LogP contribution in [0.2, 0.25) is 0 Å². The van der Waals surface area contributed by atoms with Gasteiger partial charge in [0.05, 0.1) is 24.3 Å². The molecule has 0 spiro atoms. The molecule has 2 amide bonds. The number of rotatable bonds is 13. The maximum Gasteiger partial charge on any atom is 0.259 e. The Morgan fingerprint density at radius 2 is 0.976 bits per heavy atom. The van der Waals surface area contributed by atoms with Crippen molar-refractivity contribution in [2.45, 2.75) is 13.8 Å². The summed E-state index contributed by atoms with van der Waals surface area (Å²) in [5, 5.41) is 6.00. The third-order valence-corrected chi connectivity index (χ3v) is 6.64. The third kappa shape index (κ3) is 7.75. The lowest BCUT2D eigenvalue weighted by molar-refractivity contribution is 0.101. The Morgan fingerprint density at radius 1 is 0.571 bits per heavy atom. The molecule has 0 aliphatic heterocycles. The SMILES string of the molecule is COCCOc1ccccc1C(=O)Nc1ccc(-c2ccc(NC(=O)c3ccccc3OCCOC)c(C)c2)cc1C. The molecule has 0 aromatic heterocycles. The Kier molecular flexibility index (Phi) is 10.7. The Balaban J connectivity index is 1.45. The van der Waals surface area contributed by atoms with E-state index in [1.54, 1.807) is 50.6 Å². The van der Waals surface area contributed by atoms with Gasteiger partial charge >= 0.3 is 0 Å². The van der Waals surface area contributed by atoms with Crippen LogP contribution in [0.3, 0.4) is 0 Å². The maximum atomic E-state index is 13.1. The molecule has 4 aromatic carbocycles. The van der Waals surface area contributed by atoms with E-state index in [4.69, 9.17) is 18.9 Å². The summed E-state index contributed by atoms with van der Waals surface area (Å²) >= 11 is 0. The predicted octanol–water partition coefficient (Wildman–Crippen LogP) is 6.53. The van der Waals surface area contributed by atoms with Crippen LogP contribution in [0.4, 0.5) is 11.4 Å². The van der Waals surface area contributed by atoms with Crippen molar-refractivity contribution in [3.05, 3.63) is 107 Å². The van der Waals surface area contributed by atoms with Gasteiger partial charge in [-0.15, -0.1) is 0 Å². The normalized spacial score (nSPS) is 10.7. The molecule has 0 unspecified atom stereocenters. The molecule has 8 heteroatoms. The van der Waals surface area contributed by atoms with Gasteiger partial charge in [-0.25, -0.2) is 0 Å². The Labute approximate surface area is 246 Å². The van der Waals surface area contributed by atoms with Crippen LogP contribution in [0.1, 0.15) is 31.8 Å². The number of hydrogen-bond donors (Lipinski definition) is 2. The average Bonchev–Trinajstić information content (AvgIpc) is 3.00. The number of anilines is 2. The molecule has 4 rings (SSSR count). The minimum atomic E-state index is -0.250. The molecule has 0 saturated heterocycles. The second-order valence-corrected chi connectivity index (χ2v) is 9.64. The lowest BCUT2D eigenvalue weighted by Crippen LogP contribution is -2.15. The molecular weight excluding hydrogens is 532 g/mol. The summed E-state index contributed by atoms with van der Waals surface area (Å²) in [6.45, 7) is 5.48. The smallest absolute Gasteiger partial charge is 0.259 e. The number of nitrogens with one attached hydrogen (secondary N) is 2. The zero-order valence-electron chi connectivity index (χ0n) is 24.4. The molecule has 0 aliphatic carbocycles. The van der Waals surface area contributed by atoms with Crippen molar-refractivity contribution in [2.24, 2.45) is 0 Å². The highest BCUT2D eigenvalue weighted by Gasteiger charge is 2.16. The van der Waals surface area contributed by atoms with Crippen LogP contribution in [0.25, 0.3) is 11.1 Å². The van der Waals surface area contributed by atoms with Crippen molar-refractivity contribution in [2.75, 3.05) is 51.3 Å². The second kappa shape index (κ2) is 14.8. The highest BCUT2D eigenvalue weighted by atomic mass is 16.5. The van der Waals surface area contributed by atoms with Crippen molar-refractivity contribution in [1.82, 2.24) is 0 Å². The molecule has 0 atom stereocenters. The minimum absolute atomic E-state index is 0.250. The number of methoxy groups -OCH3 is 2. The largest absolute Gasteiger partial charge is 0.490 e. The number of aryl methyl sites for hydroxylation is 2. The van der Waals surface area contributed by atoms with Gasteiger partial charge in [-0.05, 0) is 84.6 Å².